The topological polar surface area (TPSA) is 73.9 Å². The predicted octanol–water partition coefficient (Wildman–Crippen LogP) is 5.07. The standard InChI is InChI=1S/C14H7ClF4N2O2S/c15-9-4-10(16)6-11(5-9)23-13-2-1-12(3-8(13)7-20)24(21,22)14(17,18)19/h1-6,21H. The van der Waals surface area contributed by atoms with Crippen LogP contribution in [0.2, 0.25) is 5.02 Å². The number of halogens is 5. The monoisotopic (exact) mass is 378 g/mol. The molecule has 0 aliphatic carbocycles. The van der Waals surface area contributed by atoms with Crippen LogP contribution in [-0.4, -0.2) is 9.72 Å². The van der Waals surface area contributed by atoms with E-state index in [1.165, 1.54) is 6.07 Å². The van der Waals surface area contributed by atoms with E-state index in [9.17, 15) is 21.8 Å². The average molecular weight is 379 g/mol. The first-order valence-corrected chi connectivity index (χ1v) is 8.01. The molecule has 10 heteroatoms. The molecule has 126 valence electrons. The summed E-state index contributed by atoms with van der Waals surface area (Å²) in [7, 11) is -5.10. The Kier molecular flexibility index (Phi) is 4.73. The molecule has 0 heterocycles. The summed E-state index contributed by atoms with van der Waals surface area (Å²) in [6.45, 7) is 0. The van der Waals surface area contributed by atoms with E-state index < -0.39 is 31.5 Å². The fourth-order valence-electron chi connectivity index (χ4n) is 1.71. The van der Waals surface area contributed by atoms with Crippen molar-refractivity contribution in [3.05, 3.63) is 52.8 Å². The molecule has 2 aromatic rings. The first-order valence-electron chi connectivity index (χ1n) is 6.08. The minimum atomic E-state index is -5.28. The molecule has 4 nitrogen and oxygen atoms in total. The van der Waals surface area contributed by atoms with E-state index in [-0.39, 0.29) is 16.5 Å². The highest BCUT2D eigenvalue weighted by Crippen LogP contribution is 2.34. The maximum Gasteiger partial charge on any atom is 0.483 e. The lowest BCUT2D eigenvalue weighted by Gasteiger charge is -2.13. The second-order valence-electron chi connectivity index (χ2n) is 4.48. The molecular weight excluding hydrogens is 372 g/mol. The van der Waals surface area contributed by atoms with E-state index in [4.69, 9.17) is 26.4 Å². The Hall–Kier alpha value is -2.31. The van der Waals surface area contributed by atoms with Crippen molar-refractivity contribution in [1.82, 2.24) is 0 Å². The van der Waals surface area contributed by atoms with Crippen LogP contribution in [0.4, 0.5) is 17.6 Å². The lowest BCUT2D eigenvalue weighted by molar-refractivity contribution is -0.0406. The average Bonchev–Trinajstić information content (AvgIpc) is 2.45. The quantitative estimate of drug-likeness (QED) is 0.758. The summed E-state index contributed by atoms with van der Waals surface area (Å²) in [4.78, 5) is -0.879. The molecule has 0 aliphatic rings. The maximum absolute atomic E-state index is 13.2. The summed E-state index contributed by atoms with van der Waals surface area (Å²) in [6, 6.07) is 7.16. The lowest BCUT2D eigenvalue weighted by atomic mass is 10.2. The third-order valence-electron chi connectivity index (χ3n) is 2.79. The molecule has 0 amide bonds. The van der Waals surface area contributed by atoms with E-state index in [2.05, 4.69) is 0 Å². The van der Waals surface area contributed by atoms with Crippen LogP contribution >= 0.6 is 11.6 Å². The van der Waals surface area contributed by atoms with Crippen molar-refractivity contribution in [2.45, 2.75) is 10.4 Å². The normalized spacial score (nSPS) is 13.8. The van der Waals surface area contributed by atoms with Crippen LogP contribution in [0.5, 0.6) is 11.5 Å². The molecule has 0 saturated carbocycles. The zero-order valence-corrected chi connectivity index (χ0v) is 13.1. The van der Waals surface area contributed by atoms with Gasteiger partial charge in [0, 0.05) is 11.1 Å². The number of ether oxygens (including phenoxy) is 1. The van der Waals surface area contributed by atoms with Crippen molar-refractivity contribution in [3.8, 4) is 17.6 Å². The molecule has 0 aliphatic heterocycles. The predicted molar refractivity (Wildman–Crippen MR) is 77.8 cm³/mol. The van der Waals surface area contributed by atoms with Gasteiger partial charge in [-0.05, 0) is 30.3 Å². The third kappa shape index (κ3) is 3.60. The van der Waals surface area contributed by atoms with Crippen molar-refractivity contribution in [2.75, 3.05) is 0 Å². The Morgan fingerprint density at radius 2 is 1.88 bits per heavy atom. The van der Waals surface area contributed by atoms with Gasteiger partial charge in [0.25, 0.3) is 0 Å². The Morgan fingerprint density at radius 1 is 1.21 bits per heavy atom. The number of hydrogen-bond donors (Lipinski definition) is 1. The van der Waals surface area contributed by atoms with E-state index in [0.29, 0.717) is 6.07 Å². The van der Waals surface area contributed by atoms with E-state index in [1.807, 2.05) is 0 Å². The maximum atomic E-state index is 13.2. The Balaban J connectivity index is 2.46. The van der Waals surface area contributed by atoms with Gasteiger partial charge in [-0.15, -0.1) is 0 Å². The second-order valence-corrected chi connectivity index (χ2v) is 6.96. The van der Waals surface area contributed by atoms with Gasteiger partial charge in [0.15, 0.2) is 9.73 Å². The van der Waals surface area contributed by atoms with Crippen LogP contribution in [0, 0.1) is 21.9 Å². The Morgan fingerprint density at radius 3 is 2.42 bits per heavy atom. The molecule has 0 fully saturated rings. The highest BCUT2D eigenvalue weighted by atomic mass is 35.5. The summed E-state index contributed by atoms with van der Waals surface area (Å²) < 4.78 is 75.0. The van der Waals surface area contributed by atoms with E-state index in [0.717, 1.165) is 24.3 Å². The van der Waals surface area contributed by atoms with Gasteiger partial charge in [0.2, 0.25) is 0 Å². The number of nitriles is 1. The molecule has 0 bridgehead atoms. The van der Waals surface area contributed by atoms with Crippen LogP contribution in [0.3, 0.4) is 0 Å². The molecule has 1 N–H and O–H groups in total. The van der Waals surface area contributed by atoms with Crippen LogP contribution in [0.15, 0.2) is 41.3 Å². The number of alkyl halides is 3. The SMILES string of the molecule is N#Cc1cc(S(=N)(=O)C(F)(F)F)ccc1Oc1cc(F)cc(Cl)c1. The molecule has 0 saturated heterocycles. The molecule has 1 atom stereocenters. The highest BCUT2D eigenvalue weighted by Gasteiger charge is 2.43. The smallest absolute Gasteiger partial charge is 0.456 e. The number of benzene rings is 2. The molecule has 2 aromatic carbocycles. The zero-order valence-electron chi connectivity index (χ0n) is 11.5. The van der Waals surface area contributed by atoms with Crippen molar-refractivity contribution in [3.63, 3.8) is 0 Å². The highest BCUT2D eigenvalue weighted by molar-refractivity contribution is 7.93. The van der Waals surface area contributed by atoms with E-state index in [1.54, 1.807) is 6.07 Å². The van der Waals surface area contributed by atoms with Gasteiger partial charge in [0.05, 0.1) is 10.5 Å². The van der Waals surface area contributed by atoms with Crippen LogP contribution < -0.4 is 4.74 Å². The molecule has 0 spiro atoms. The summed E-state index contributed by atoms with van der Waals surface area (Å²) in [5, 5.41) is 9.05. The van der Waals surface area contributed by atoms with Gasteiger partial charge in [0.1, 0.15) is 23.4 Å². The number of nitrogens with one attached hydrogen (secondary N) is 1. The van der Waals surface area contributed by atoms with E-state index >= 15 is 0 Å². The molecule has 1 unspecified atom stereocenters. The number of nitrogens with zero attached hydrogens (tertiary/aromatic N) is 1. The first kappa shape index (κ1) is 18.0. The number of hydrogen-bond acceptors (Lipinski definition) is 4. The largest absolute Gasteiger partial charge is 0.483 e. The molecular formula is C14H7ClF4N2O2S. The van der Waals surface area contributed by atoms with Crippen molar-refractivity contribution in [2.24, 2.45) is 0 Å². The van der Waals surface area contributed by atoms with Gasteiger partial charge in [-0.2, -0.15) is 18.4 Å². The zero-order chi connectivity index (χ0) is 18.1. The summed E-state index contributed by atoms with van der Waals surface area (Å²) in [5.74, 6) is -0.981. The summed E-state index contributed by atoms with van der Waals surface area (Å²) in [5.41, 5.74) is -5.67. The van der Waals surface area contributed by atoms with Gasteiger partial charge in [-0.3, -0.25) is 0 Å². The molecule has 0 radical (unpaired) electrons. The van der Waals surface area contributed by atoms with Gasteiger partial charge in [-0.25, -0.2) is 13.4 Å². The lowest BCUT2D eigenvalue weighted by Crippen LogP contribution is -2.22. The molecule has 24 heavy (non-hydrogen) atoms. The van der Waals surface area contributed by atoms with Gasteiger partial charge >= 0.3 is 5.51 Å². The molecule has 0 aromatic heterocycles. The fraction of sp³-hybridized carbons (Fsp3) is 0.0714. The second kappa shape index (κ2) is 6.30. The summed E-state index contributed by atoms with van der Waals surface area (Å²) >= 11 is 5.65. The van der Waals surface area contributed by atoms with Crippen LogP contribution in [0.1, 0.15) is 5.56 Å². The minimum Gasteiger partial charge on any atom is -0.456 e. The van der Waals surface area contributed by atoms with Crippen molar-refractivity contribution in [1.29, 1.82) is 10.0 Å². The minimum absolute atomic E-state index is 0.0198. The van der Waals surface area contributed by atoms with Crippen molar-refractivity contribution < 1.29 is 26.5 Å². The van der Waals surface area contributed by atoms with Gasteiger partial charge < -0.3 is 4.74 Å². The Labute approximate surface area is 139 Å². The van der Waals surface area contributed by atoms with Gasteiger partial charge in [-0.1, -0.05) is 11.6 Å². The third-order valence-corrected chi connectivity index (χ3v) is 4.58. The summed E-state index contributed by atoms with van der Waals surface area (Å²) in [6.07, 6.45) is 0. The van der Waals surface area contributed by atoms with Crippen LogP contribution in [-0.2, 0) is 9.73 Å². The first-order chi connectivity index (χ1) is 11.0. The fourth-order valence-corrected chi connectivity index (χ4v) is 2.73. The number of rotatable bonds is 3. The van der Waals surface area contributed by atoms with Crippen LogP contribution in [0.25, 0.3) is 0 Å². The Bertz CT molecular complexity index is 917. The van der Waals surface area contributed by atoms with Crippen molar-refractivity contribution >= 4 is 21.3 Å². The molecule has 2 rings (SSSR count).